The van der Waals surface area contributed by atoms with E-state index in [0.717, 1.165) is 75.6 Å². The van der Waals surface area contributed by atoms with Gasteiger partial charge < -0.3 is 19.7 Å². The average Bonchev–Trinajstić information content (AvgIpc) is 3.12. The first-order chi connectivity index (χ1) is 16.5. The molecule has 3 aliphatic heterocycles. The van der Waals surface area contributed by atoms with E-state index in [9.17, 15) is 4.79 Å². The van der Waals surface area contributed by atoms with Crippen LogP contribution in [0.2, 0.25) is 0 Å². The van der Waals surface area contributed by atoms with Crippen molar-refractivity contribution in [3.8, 4) is 11.5 Å². The minimum Gasteiger partial charge on any atom is -0.486 e. The summed E-state index contributed by atoms with van der Waals surface area (Å²) in [5.41, 5.74) is 3.04. The number of hydrogen-bond acceptors (Lipinski definition) is 5. The lowest BCUT2D eigenvalue weighted by molar-refractivity contribution is -0.121. The first kappa shape index (κ1) is 23.0. The molecule has 0 spiro atoms. The summed E-state index contributed by atoms with van der Waals surface area (Å²) in [7, 11) is 0. The summed E-state index contributed by atoms with van der Waals surface area (Å²) in [6, 6.07) is 14.5. The molecule has 34 heavy (non-hydrogen) atoms. The Morgan fingerprint density at radius 3 is 2.53 bits per heavy atom. The summed E-state index contributed by atoms with van der Waals surface area (Å²) in [5, 5.41) is 3.15. The fourth-order valence-corrected chi connectivity index (χ4v) is 5.84. The van der Waals surface area contributed by atoms with Gasteiger partial charge >= 0.3 is 0 Å². The average molecular weight is 464 g/mol. The third-order valence-electron chi connectivity index (χ3n) is 7.47. The van der Waals surface area contributed by atoms with E-state index >= 15 is 0 Å². The number of anilines is 2. The zero-order valence-corrected chi connectivity index (χ0v) is 20.5. The number of carbonyl (C=O) groups is 1. The van der Waals surface area contributed by atoms with Crippen LogP contribution in [-0.4, -0.2) is 56.7 Å². The molecule has 3 aliphatic rings. The molecular weight excluding hydrogens is 426 g/mol. The van der Waals surface area contributed by atoms with Crippen molar-refractivity contribution in [2.75, 3.05) is 56.2 Å². The van der Waals surface area contributed by atoms with E-state index in [1.807, 2.05) is 18.2 Å². The van der Waals surface area contributed by atoms with Gasteiger partial charge in [0, 0.05) is 43.6 Å². The van der Waals surface area contributed by atoms with Crippen molar-refractivity contribution in [1.29, 1.82) is 0 Å². The summed E-state index contributed by atoms with van der Waals surface area (Å²) in [5.74, 6) is 2.38. The predicted octanol–water partition coefficient (Wildman–Crippen LogP) is 4.69. The minimum atomic E-state index is -0.373. The fourth-order valence-electron chi connectivity index (χ4n) is 5.84. The molecule has 1 N–H and O–H groups in total. The predicted molar refractivity (Wildman–Crippen MR) is 136 cm³/mol. The highest BCUT2D eigenvalue weighted by atomic mass is 16.6. The molecule has 182 valence electrons. The summed E-state index contributed by atoms with van der Waals surface area (Å²) in [6.45, 7) is 10.9. The first-order valence-electron chi connectivity index (χ1n) is 12.8. The van der Waals surface area contributed by atoms with Crippen molar-refractivity contribution in [1.82, 2.24) is 4.90 Å². The Bertz CT molecular complexity index is 1020. The summed E-state index contributed by atoms with van der Waals surface area (Å²) in [6.07, 6.45) is 4.02. The van der Waals surface area contributed by atoms with Crippen molar-refractivity contribution in [2.24, 2.45) is 5.92 Å². The monoisotopic (exact) mass is 463 g/mol. The number of benzene rings is 2. The minimum absolute atomic E-state index is 0.190. The van der Waals surface area contributed by atoms with Gasteiger partial charge in [-0.3, -0.25) is 9.69 Å². The highest BCUT2D eigenvalue weighted by Gasteiger charge is 2.46. The maximum atomic E-state index is 13.1. The number of para-hydroxylation sites is 1. The molecule has 0 aromatic heterocycles. The molecule has 2 aromatic carbocycles. The van der Waals surface area contributed by atoms with Gasteiger partial charge in [0.25, 0.3) is 0 Å². The van der Waals surface area contributed by atoms with Crippen LogP contribution in [0.3, 0.4) is 0 Å². The number of fused-ring (bicyclic) bond motifs is 2. The third kappa shape index (κ3) is 4.61. The number of amides is 1. The number of rotatable bonds is 8. The molecule has 1 amide bonds. The molecule has 1 fully saturated rings. The number of hydrogen-bond donors (Lipinski definition) is 1. The van der Waals surface area contributed by atoms with E-state index in [1.165, 1.54) is 11.3 Å². The number of piperazine rings is 1. The third-order valence-corrected chi connectivity index (χ3v) is 7.47. The van der Waals surface area contributed by atoms with Crippen molar-refractivity contribution in [2.45, 2.75) is 44.9 Å². The van der Waals surface area contributed by atoms with Crippen molar-refractivity contribution >= 4 is 17.3 Å². The second kappa shape index (κ2) is 9.87. The van der Waals surface area contributed by atoms with Crippen LogP contribution < -0.4 is 19.7 Å². The number of ether oxygens (including phenoxy) is 2. The molecule has 3 heterocycles. The number of nitrogens with one attached hydrogen (secondary N) is 1. The molecule has 1 atom stereocenters. The van der Waals surface area contributed by atoms with Crippen LogP contribution >= 0.6 is 0 Å². The molecule has 0 radical (unpaired) electrons. The van der Waals surface area contributed by atoms with E-state index in [1.54, 1.807) is 0 Å². The smallest absolute Gasteiger partial charge is 0.235 e. The van der Waals surface area contributed by atoms with Gasteiger partial charge in [0.15, 0.2) is 11.5 Å². The van der Waals surface area contributed by atoms with Crippen molar-refractivity contribution < 1.29 is 14.3 Å². The Labute approximate surface area is 203 Å². The Kier molecular flexibility index (Phi) is 6.68. The molecule has 1 saturated heterocycles. The van der Waals surface area contributed by atoms with Gasteiger partial charge in [0.05, 0.1) is 5.41 Å². The Hall–Kier alpha value is -2.73. The second-order valence-electron chi connectivity index (χ2n) is 10.3. The summed E-state index contributed by atoms with van der Waals surface area (Å²) in [4.78, 5) is 18.1. The van der Waals surface area contributed by atoms with Gasteiger partial charge in [-0.05, 0) is 55.5 Å². The van der Waals surface area contributed by atoms with Crippen LogP contribution in [-0.2, 0) is 10.2 Å². The van der Waals surface area contributed by atoms with Gasteiger partial charge in [-0.15, -0.1) is 0 Å². The zero-order chi connectivity index (χ0) is 23.5. The van der Waals surface area contributed by atoms with Crippen LogP contribution in [0.4, 0.5) is 11.4 Å². The van der Waals surface area contributed by atoms with E-state index in [-0.39, 0.29) is 11.3 Å². The van der Waals surface area contributed by atoms with Crippen molar-refractivity contribution in [3.05, 3.63) is 48.0 Å². The molecule has 2 aromatic rings. The zero-order valence-electron chi connectivity index (χ0n) is 20.5. The Morgan fingerprint density at radius 2 is 1.74 bits per heavy atom. The lowest BCUT2D eigenvalue weighted by Gasteiger charge is -2.36. The van der Waals surface area contributed by atoms with Gasteiger partial charge in [-0.1, -0.05) is 38.5 Å². The maximum Gasteiger partial charge on any atom is 0.235 e. The first-order valence-corrected chi connectivity index (χ1v) is 12.8. The lowest BCUT2D eigenvalue weighted by Crippen LogP contribution is -2.46. The summed E-state index contributed by atoms with van der Waals surface area (Å²) < 4.78 is 11.4. The van der Waals surface area contributed by atoms with Crippen LogP contribution in [0.5, 0.6) is 11.5 Å². The van der Waals surface area contributed by atoms with E-state index in [2.05, 4.69) is 53.2 Å². The maximum absolute atomic E-state index is 13.1. The molecule has 6 nitrogen and oxygen atoms in total. The topological polar surface area (TPSA) is 54.0 Å². The number of unbranched alkanes of at least 4 members (excludes halogenated alkanes) is 1. The largest absolute Gasteiger partial charge is 0.486 e. The highest BCUT2D eigenvalue weighted by Crippen LogP contribution is 2.45. The standard InChI is InChI=1S/C28H37N3O3/c1-21(2)20-28(23-7-3-4-8-24(23)29-27(28)32)11-5-6-12-30-13-15-31(16-14-30)22-9-10-25-26(19-22)34-18-17-33-25/h3-4,7-10,19,21H,5-6,11-18,20H2,1-2H3,(H,29,32). The van der Waals surface area contributed by atoms with Crippen LogP contribution in [0.1, 0.15) is 45.1 Å². The molecule has 5 rings (SSSR count). The molecule has 1 unspecified atom stereocenters. The highest BCUT2D eigenvalue weighted by molar-refractivity contribution is 6.06. The van der Waals surface area contributed by atoms with Crippen molar-refractivity contribution in [3.63, 3.8) is 0 Å². The van der Waals surface area contributed by atoms with Gasteiger partial charge in [-0.2, -0.15) is 0 Å². The molecule has 0 aliphatic carbocycles. The van der Waals surface area contributed by atoms with Gasteiger partial charge in [-0.25, -0.2) is 0 Å². The SMILES string of the molecule is CC(C)CC1(CCCCN2CCN(c3ccc4c(c3)OCCO4)CC2)C(=O)Nc2ccccc21. The second-order valence-corrected chi connectivity index (χ2v) is 10.3. The fraction of sp³-hybridized carbons (Fsp3) is 0.536. The number of nitrogens with zero attached hydrogens (tertiary/aromatic N) is 2. The molecule has 6 heteroatoms. The Morgan fingerprint density at radius 1 is 0.971 bits per heavy atom. The van der Waals surface area contributed by atoms with E-state index in [0.29, 0.717) is 19.1 Å². The quantitative estimate of drug-likeness (QED) is 0.576. The normalized spacial score (nSPS) is 22.1. The number of carbonyl (C=O) groups excluding carboxylic acids is 1. The van der Waals surface area contributed by atoms with E-state index in [4.69, 9.17) is 9.47 Å². The van der Waals surface area contributed by atoms with Gasteiger partial charge in [0.2, 0.25) is 5.91 Å². The van der Waals surface area contributed by atoms with E-state index < -0.39 is 0 Å². The molecular formula is C28H37N3O3. The lowest BCUT2D eigenvalue weighted by atomic mass is 9.72. The van der Waals surface area contributed by atoms with Gasteiger partial charge in [0.1, 0.15) is 13.2 Å². The molecule has 0 saturated carbocycles. The van der Waals surface area contributed by atoms with Crippen LogP contribution in [0.15, 0.2) is 42.5 Å². The summed E-state index contributed by atoms with van der Waals surface area (Å²) >= 11 is 0. The molecule has 0 bridgehead atoms. The Balaban J connectivity index is 1.12. The van der Waals surface area contributed by atoms with Crippen LogP contribution in [0.25, 0.3) is 0 Å². The van der Waals surface area contributed by atoms with Crippen LogP contribution in [0, 0.1) is 5.92 Å².